The molecule has 0 saturated carbocycles. The van der Waals surface area contributed by atoms with E-state index in [1.54, 1.807) is 18.9 Å². The Morgan fingerprint density at radius 2 is 1.77 bits per heavy atom. The van der Waals surface area contributed by atoms with Crippen molar-refractivity contribution in [1.82, 2.24) is 0 Å². The summed E-state index contributed by atoms with van der Waals surface area (Å²) in [6, 6.07) is 10.5. The van der Waals surface area contributed by atoms with E-state index in [0.29, 0.717) is 18.1 Å². The van der Waals surface area contributed by atoms with Crippen LogP contribution in [0.1, 0.15) is 18.1 Å². The number of halogens is 3. The normalized spacial score (nSPS) is 19.5. The Hall–Kier alpha value is -1.94. The molecule has 0 bridgehead atoms. The molecule has 1 saturated heterocycles. The largest absolute Gasteiger partial charge is 0.491 e. The quantitative estimate of drug-likeness (QED) is 0.451. The number of ether oxygens (including phenoxy) is 5. The van der Waals surface area contributed by atoms with Gasteiger partial charge in [0.05, 0.1) is 5.56 Å². The van der Waals surface area contributed by atoms with Crippen molar-refractivity contribution in [2.75, 3.05) is 26.1 Å². The van der Waals surface area contributed by atoms with Crippen molar-refractivity contribution >= 4 is 11.8 Å². The van der Waals surface area contributed by atoms with Crippen LogP contribution < -0.4 is 9.47 Å². The molecule has 1 heterocycles. The van der Waals surface area contributed by atoms with Gasteiger partial charge in [0.15, 0.2) is 12.6 Å². The summed E-state index contributed by atoms with van der Waals surface area (Å²) >= 11 is 1.60. The van der Waals surface area contributed by atoms with Gasteiger partial charge >= 0.3 is 6.18 Å². The lowest BCUT2D eigenvalue weighted by atomic mass is 10.2. The van der Waals surface area contributed by atoms with Crippen molar-refractivity contribution in [1.29, 1.82) is 0 Å². The lowest BCUT2D eigenvalue weighted by Crippen LogP contribution is -2.42. The van der Waals surface area contributed by atoms with Crippen molar-refractivity contribution in [3.8, 4) is 11.5 Å². The molecule has 0 aliphatic carbocycles. The zero-order valence-electron chi connectivity index (χ0n) is 17.5. The van der Waals surface area contributed by atoms with Crippen LogP contribution in [-0.2, 0) is 20.4 Å². The minimum Gasteiger partial charge on any atom is -0.491 e. The lowest BCUT2D eigenvalue weighted by Gasteiger charge is -2.33. The Morgan fingerprint density at radius 1 is 1.06 bits per heavy atom. The number of thioether (sulfide) groups is 1. The van der Waals surface area contributed by atoms with Crippen LogP contribution in [-0.4, -0.2) is 44.8 Å². The van der Waals surface area contributed by atoms with E-state index in [1.807, 2.05) is 32.0 Å². The minimum absolute atomic E-state index is 0.176. The highest BCUT2D eigenvalue weighted by molar-refractivity contribution is 7.99. The third-order valence-corrected chi connectivity index (χ3v) is 5.72. The highest BCUT2D eigenvalue weighted by Crippen LogP contribution is 2.31. The third kappa shape index (κ3) is 7.03. The Bertz CT molecular complexity index is 838. The van der Waals surface area contributed by atoms with E-state index in [4.69, 9.17) is 23.7 Å². The highest BCUT2D eigenvalue weighted by Gasteiger charge is 2.30. The van der Waals surface area contributed by atoms with Gasteiger partial charge in [0, 0.05) is 17.8 Å². The van der Waals surface area contributed by atoms with Crippen LogP contribution in [0.25, 0.3) is 0 Å². The van der Waals surface area contributed by atoms with Crippen LogP contribution in [0.5, 0.6) is 11.5 Å². The molecule has 0 spiro atoms. The van der Waals surface area contributed by atoms with Crippen molar-refractivity contribution in [2.45, 2.75) is 43.6 Å². The lowest BCUT2D eigenvalue weighted by molar-refractivity contribution is -0.380. The molecule has 1 fully saturated rings. The van der Waals surface area contributed by atoms with E-state index >= 15 is 0 Å². The van der Waals surface area contributed by atoms with E-state index in [2.05, 4.69) is 0 Å². The summed E-state index contributed by atoms with van der Waals surface area (Å²) in [5.74, 6) is 1.76. The summed E-state index contributed by atoms with van der Waals surface area (Å²) in [4.78, 5) is 1.05. The molecule has 1 atom stereocenters. The summed E-state index contributed by atoms with van der Waals surface area (Å²) in [6.45, 7) is 4.36. The van der Waals surface area contributed by atoms with E-state index in [1.165, 1.54) is 12.1 Å². The van der Waals surface area contributed by atoms with Crippen LogP contribution in [0, 0.1) is 6.92 Å². The van der Waals surface area contributed by atoms with Gasteiger partial charge in [-0.05, 0) is 61.9 Å². The molecule has 2 aromatic carbocycles. The standard InChI is InChI=1S/C22H25F3O5S/c1-14-10-19(8-9-20(14)28-12-21-29-15(2)30-21)31-13-18(26-3)11-27-17-6-4-16(5-7-17)22(23,24)25/h4-10,15,18,21H,11-13H2,1-3H3. The first-order valence-electron chi connectivity index (χ1n) is 9.74. The molecule has 0 aromatic heterocycles. The number of rotatable bonds is 10. The van der Waals surface area contributed by atoms with Crippen LogP contribution in [0.2, 0.25) is 0 Å². The smallest absolute Gasteiger partial charge is 0.416 e. The Morgan fingerprint density at radius 3 is 2.35 bits per heavy atom. The van der Waals surface area contributed by atoms with E-state index < -0.39 is 11.7 Å². The Balaban J connectivity index is 1.44. The molecule has 1 unspecified atom stereocenters. The molecular formula is C22H25F3O5S. The monoisotopic (exact) mass is 458 g/mol. The summed E-state index contributed by atoms with van der Waals surface area (Å²) < 4.78 is 65.4. The van der Waals surface area contributed by atoms with Crippen molar-refractivity contribution in [3.63, 3.8) is 0 Å². The summed E-state index contributed by atoms with van der Waals surface area (Å²) in [5.41, 5.74) is 0.288. The van der Waals surface area contributed by atoms with Gasteiger partial charge in [-0.15, -0.1) is 11.8 Å². The zero-order chi connectivity index (χ0) is 22.4. The first-order chi connectivity index (χ1) is 14.7. The number of alkyl halides is 3. The van der Waals surface area contributed by atoms with Gasteiger partial charge < -0.3 is 23.7 Å². The molecule has 3 rings (SSSR count). The number of hydrogen-bond donors (Lipinski definition) is 0. The molecular weight excluding hydrogens is 433 g/mol. The molecule has 0 radical (unpaired) electrons. The molecule has 1 aliphatic heterocycles. The van der Waals surface area contributed by atoms with Crippen molar-refractivity contribution < 1.29 is 36.9 Å². The van der Waals surface area contributed by atoms with Crippen LogP contribution in [0.4, 0.5) is 13.2 Å². The first-order valence-corrected chi connectivity index (χ1v) is 10.7. The van der Waals surface area contributed by atoms with Gasteiger partial charge in [-0.3, -0.25) is 0 Å². The molecule has 31 heavy (non-hydrogen) atoms. The molecule has 5 nitrogen and oxygen atoms in total. The molecule has 0 amide bonds. The predicted octanol–water partition coefficient (Wildman–Crippen LogP) is 5.30. The topological polar surface area (TPSA) is 46.2 Å². The van der Waals surface area contributed by atoms with Crippen LogP contribution in [0.15, 0.2) is 47.4 Å². The van der Waals surface area contributed by atoms with Crippen molar-refractivity contribution in [2.24, 2.45) is 0 Å². The Labute approximate surface area is 183 Å². The fraction of sp³-hybridized carbons (Fsp3) is 0.455. The van der Waals surface area contributed by atoms with Crippen LogP contribution >= 0.6 is 11.8 Å². The van der Waals surface area contributed by atoms with E-state index in [0.717, 1.165) is 28.3 Å². The number of hydrogen-bond acceptors (Lipinski definition) is 6. The van der Waals surface area contributed by atoms with Gasteiger partial charge in [-0.25, -0.2) is 0 Å². The zero-order valence-corrected chi connectivity index (χ0v) is 18.3. The second kappa shape index (κ2) is 10.6. The summed E-state index contributed by atoms with van der Waals surface area (Å²) in [7, 11) is 1.58. The third-order valence-electron chi connectivity index (χ3n) is 4.59. The van der Waals surface area contributed by atoms with Gasteiger partial charge in [-0.2, -0.15) is 13.2 Å². The summed E-state index contributed by atoms with van der Waals surface area (Å²) in [5, 5.41) is 0. The average Bonchev–Trinajstić information content (AvgIpc) is 2.71. The number of benzene rings is 2. The number of aryl methyl sites for hydroxylation is 1. The van der Waals surface area contributed by atoms with Gasteiger partial charge in [0.25, 0.3) is 0 Å². The maximum absolute atomic E-state index is 12.6. The summed E-state index contributed by atoms with van der Waals surface area (Å²) in [6.07, 6.45) is -5.08. The first kappa shape index (κ1) is 23.7. The van der Waals surface area contributed by atoms with Gasteiger partial charge in [-0.1, -0.05) is 0 Å². The maximum Gasteiger partial charge on any atom is 0.416 e. The second-order valence-electron chi connectivity index (χ2n) is 7.01. The molecule has 2 aromatic rings. The van der Waals surface area contributed by atoms with Crippen LogP contribution in [0.3, 0.4) is 0 Å². The molecule has 0 N–H and O–H groups in total. The minimum atomic E-state index is -4.36. The molecule has 170 valence electrons. The number of methoxy groups -OCH3 is 1. The fourth-order valence-electron chi connectivity index (χ4n) is 2.85. The van der Waals surface area contributed by atoms with E-state index in [9.17, 15) is 13.2 Å². The SMILES string of the molecule is COC(COc1ccc(C(F)(F)F)cc1)CSc1ccc(OCC2OC(C)O2)c(C)c1. The molecule has 1 aliphatic rings. The van der Waals surface area contributed by atoms with Gasteiger partial charge in [0.1, 0.15) is 30.8 Å². The average molecular weight is 458 g/mol. The van der Waals surface area contributed by atoms with E-state index in [-0.39, 0.29) is 25.3 Å². The van der Waals surface area contributed by atoms with Crippen molar-refractivity contribution in [3.05, 3.63) is 53.6 Å². The Kier molecular flexibility index (Phi) is 8.10. The van der Waals surface area contributed by atoms with Gasteiger partial charge in [0.2, 0.25) is 0 Å². The fourth-order valence-corrected chi connectivity index (χ4v) is 3.89. The molecule has 9 heteroatoms. The second-order valence-corrected chi connectivity index (χ2v) is 8.10. The predicted molar refractivity (Wildman–Crippen MR) is 111 cm³/mol. The maximum atomic E-state index is 12.6. The highest BCUT2D eigenvalue weighted by atomic mass is 32.2.